The van der Waals surface area contributed by atoms with Crippen LogP contribution < -0.4 is 5.32 Å². The number of unbranched alkanes of at least 4 members (excludes halogenated alkanes) is 1. The minimum atomic E-state index is 0.767. The topological polar surface area (TPSA) is 18.5 Å². The Kier molecular flexibility index (Phi) is 11.9. The molecule has 0 aromatic rings. The Morgan fingerprint density at radius 3 is 2.17 bits per heavy atom. The number of hydrogen-bond donors (Lipinski definition) is 1. The molecule has 0 bridgehead atoms. The van der Waals surface area contributed by atoms with Crippen molar-refractivity contribution in [1.29, 1.82) is 0 Å². The molecule has 0 radical (unpaired) electrons. The summed E-state index contributed by atoms with van der Waals surface area (Å²) in [5, 5.41) is 3.51. The van der Waals surface area contributed by atoms with E-state index in [1.807, 2.05) is 0 Å². The van der Waals surface area contributed by atoms with Crippen LogP contribution in [0.15, 0.2) is 0 Å². The third-order valence-electron chi connectivity index (χ3n) is 3.16. The predicted octanol–water partition coefficient (Wildman–Crippen LogP) is 2.29. The molecule has 1 N–H and O–H groups in total. The van der Waals surface area contributed by atoms with E-state index in [1.54, 1.807) is 0 Å². The number of nitrogens with one attached hydrogen (secondary N) is 1. The van der Waals surface area contributed by atoms with Crippen molar-refractivity contribution in [2.24, 2.45) is 5.92 Å². The van der Waals surface area contributed by atoms with Crippen LogP contribution >= 0.6 is 0 Å². The Balaban J connectivity index is 3.38. The van der Waals surface area contributed by atoms with Gasteiger partial charge < -0.3 is 15.1 Å². The fourth-order valence-corrected chi connectivity index (χ4v) is 2.01. The van der Waals surface area contributed by atoms with Crippen molar-refractivity contribution < 1.29 is 0 Å². The second kappa shape index (κ2) is 11.9. The first-order valence-electron chi connectivity index (χ1n) is 7.64. The standard InChI is InChI=1S/C15H35N3/c1-6-18(13-9-11-17(4)5)12-8-7-10-16-14-15(2)3/h15-16H,6-14H2,1-5H3. The number of rotatable bonds is 12. The first kappa shape index (κ1) is 17.9. The van der Waals surface area contributed by atoms with E-state index in [4.69, 9.17) is 0 Å². The van der Waals surface area contributed by atoms with Gasteiger partial charge in [0.05, 0.1) is 0 Å². The fourth-order valence-electron chi connectivity index (χ4n) is 2.01. The van der Waals surface area contributed by atoms with Crippen molar-refractivity contribution in [3.63, 3.8) is 0 Å². The number of hydrogen-bond acceptors (Lipinski definition) is 3. The minimum Gasteiger partial charge on any atom is -0.316 e. The Hall–Kier alpha value is -0.120. The van der Waals surface area contributed by atoms with Gasteiger partial charge in [0.2, 0.25) is 0 Å². The summed E-state index contributed by atoms with van der Waals surface area (Å²) in [5.74, 6) is 0.767. The van der Waals surface area contributed by atoms with Gasteiger partial charge in [-0.05, 0) is 78.5 Å². The first-order chi connectivity index (χ1) is 8.56. The third-order valence-corrected chi connectivity index (χ3v) is 3.16. The molecule has 0 fully saturated rings. The zero-order valence-electron chi connectivity index (χ0n) is 13.3. The lowest BCUT2D eigenvalue weighted by Gasteiger charge is -2.21. The molecule has 0 saturated heterocycles. The zero-order valence-corrected chi connectivity index (χ0v) is 13.3. The average Bonchev–Trinajstić information content (AvgIpc) is 2.30. The Morgan fingerprint density at radius 1 is 0.944 bits per heavy atom. The van der Waals surface area contributed by atoms with Crippen molar-refractivity contribution in [1.82, 2.24) is 15.1 Å². The lowest BCUT2D eigenvalue weighted by Crippen LogP contribution is -2.29. The summed E-state index contributed by atoms with van der Waals surface area (Å²) >= 11 is 0. The SMILES string of the molecule is CCN(CCCCNCC(C)C)CCCN(C)C. The van der Waals surface area contributed by atoms with Gasteiger partial charge in [0.15, 0.2) is 0 Å². The molecule has 0 saturated carbocycles. The highest BCUT2D eigenvalue weighted by molar-refractivity contribution is 4.59. The van der Waals surface area contributed by atoms with E-state index in [-0.39, 0.29) is 0 Å². The molecule has 3 heteroatoms. The molecule has 0 atom stereocenters. The minimum absolute atomic E-state index is 0.767. The lowest BCUT2D eigenvalue weighted by atomic mass is 10.2. The largest absolute Gasteiger partial charge is 0.316 e. The molecule has 110 valence electrons. The van der Waals surface area contributed by atoms with Crippen molar-refractivity contribution in [2.45, 2.75) is 40.0 Å². The molecule has 0 aliphatic heterocycles. The van der Waals surface area contributed by atoms with Crippen molar-refractivity contribution in [3.05, 3.63) is 0 Å². The van der Waals surface area contributed by atoms with E-state index in [0.717, 1.165) is 12.5 Å². The van der Waals surface area contributed by atoms with Crippen LogP contribution in [0.2, 0.25) is 0 Å². The van der Waals surface area contributed by atoms with E-state index in [2.05, 4.69) is 50.0 Å². The monoisotopic (exact) mass is 257 g/mol. The highest BCUT2D eigenvalue weighted by Gasteiger charge is 2.02. The summed E-state index contributed by atoms with van der Waals surface area (Å²) in [6, 6.07) is 0. The maximum atomic E-state index is 3.51. The van der Waals surface area contributed by atoms with Crippen molar-refractivity contribution in [3.8, 4) is 0 Å². The average molecular weight is 257 g/mol. The summed E-state index contributed by atoms with van der Waals surface area (Å²) in [7, 11) is 4.30. The van der Waals surface area contributed by atoms with Gasteiger partial charge in [0, 0.05) is 0 Å². The molecule has 0 amide bonds. The van der Waals surface area contributed by atoms with Gasteiger partial charge in [-0.2, -0.15) is 0 Å². The van der Waals surface area contributed by atoms with Gasteiger partial charge in [0.1, 0.15) is 0 Å². The van der Waals surface area contributed by atoms with Crippen LogP contribution in [-0.4, -0.2) is 63.2 Å². The molecule has 0 aromatic heterocycles. The quantitative estimate of drug-likeness (QED) is 0.541. The van der Waals surface area contributed by atoms with Crippen LogP contribution in [0.5, 0.6) is 0 Å². The zero-order chi connectivity index (χ0) is 13.8. The Bertz CT molecular complexity index is 169. The van der Waals surface area contributed by atoms with Crippen LogP contribution in [0.1, 0.15) is 40.0 Å². The molecule has 0 aliphatic carbocycles. The van der Waals surface area contributed by atoms with Crippen LogP contribution in [0, 0.1) is 5.92 Å². The van der Waals surface area contributed by atoms with E-state index in [1.165, 1.54) is 52.0 Å². The fraction of sp³-hybridized carbons (Fsp3) is 1.00. The highest BCUT2D eigenvalue weighted by Crippen LogP contribution is 1.97. The van der Waals surface area contributed by atoms with Crippen molar-refractivity contribution in [2.75, 3.05) is 53.4 Å². The second-order valence-corrected chi connectivity index (χ2v) is 5.90. The van der Waals surface area contributed by atoms with E-state index in [0.29, 0.717) is 0 Å². The maximum Gasteiger partial charge on any atom is -0.000667 e. The van der Waals surface area contributed by atoms with Crippen molar-refractivity contribution >= 4 is 0 Å². The number of nitrogens with zero attached hydrogens (tertiary/aromatic N) is 2. The van der Waals surface area contributed by atoms with Gasteiger partial charge in [0.25, 0.3) is 0 Å². The van der Waals surface area contributed by atoms with Crippen LogP contribution in [0.3, 0.4) is 0 Å². The maximum absolute atomic E-state index is 3.51. The van der Waals surface area contributed by atoms with Gasteiger partial charge in [-0.15, -0.1) is 0 Å². The summed E-state index contributed by atoms with van der Waals surface area (Å²) in [4.78, 5) is 4.84. The van der Waals surface area contributed by atoms with Gasteiger partial charge >= 0.3 is 0 Å². The molecule has 0 aliphatic rings. The molecule has 3 nitrogen and oxygen atoms in total. The smallest absolute Gasteiger partial charge is 0.000667 e. The first-order valence-corrected chi connectivity index (χ1v) is 7.64. The molecule has 0 unspecified atom stereocenters. The van der Waals surface area contributed by atoms with Gasteiger partial charge in [-0.25, -0.2) is 0 Å². The Morgan fingerprint density at radius 2 is 1.61 bits per heavy atom. The normalized spacial score (nSPS) is 12.0. The predicted molar refractivity (Wildman–Crippen MR) is 82.2 cm³/mol. The van der Waals surface area contributed by atoms with Crippen LogP contribution in [0.25, 0.3) is 0 Å². The molecule has 18 heavy (non-hydrogen) atoms. The van der Waals surface area contributed by atoms with Gasteiger partial charge in [-0.3, -0.25) is 0 Å². The van der Waals surface area contributed by atoms with E-state index >= 15 is 0 Å². The summed E-state index contributed by atoms with van der Waals surface area (Å²) < 4.78 is 0. The summed E-state index contributed by atoms with van der Waals surface area (Å²) in [6.07, 6.45) is 3.91. The van der Waals surface area contributed by atoms with E-state index in [9.17, 15) is 0 Å². The molecule has 0 rings (SSSR count). The van der Waals surface area contributed by atoms with Crippen LogP contribution in [0.4, 0.5) is 0 Å². The highest BCUT2D eigenvalue weighted by atomic mass is 15.1. The molecule has 0 aromatic carbocycles. The third kappa shape index (κ3) is 12.3. The molecule has 0 heterocycles. The van der Waals surface area contributed by atoms with E-state index < -0.39 is 0 Å². The second-order valence-electron chi connectivity index (χ2n) is 5.90. The van der Waals surface area contributed by atoms with Crippen LogP contribution in [-0.2, 0) is 0 Å². The molecule has 0 spiro atoms. The molecular formula is C15H35N3. The lowest BCUT2D eigenvalue weighted by molar-refractivity contribution is 0.261. The molecular weight excluding hydrogens is 222 g/mol. The van der Waals surface area contributed by atoms with Gasteiger partial charge in [-0.1, -0.05) is 20.8 Å². The summed E-state index contributed by atoms with van der Waals surface area (Å²) in [6.45, 7) is 14.0. The summed E-state index contributed by atoms with van der Waals surface area (Å²) in [5.41, 5.74) is 0. The Labute approximate surface area is 115 Å².